The molecule has 4 amide bonds. The van der Waals surface area contributed by atoms with Gasteiger partial charge in [-0.1, -0.05) is 39.5 Å². The summed E-state index contributed by atoms with van der Waals surface area (Å²) in [6, 6.07) is 4.50. The lowest BCUT2D eigenvalue weighted by atomic mass is 10.0. The second kappa shape index (κ2) is 14.4. The third kappa shape index (κ3) is 9.79. The van der Waals surface area contributed by atoms with Gasteiger partial charge in [0, 0.05) is 11.1 Å². The molecule has 0 saturated heterocycles. The zero-order valence-electron chi connectivity index (χ0n) is 20.2. The topological polar surface area (TPSA) is 116 Å². The third-order valence-electron chi connectivity index (χ3n) is 4.80. The van der Waals surface area contributed by atoms with Crippen molar-refractivity contribution in [1.29, 1.82) is 0 Å². The second-order valence-corrected chi connectivity index (χ2v) is 8.73. The largest absolute Gasteiger partial charge is 0.343 e. The molecule has 2 atom stereocenters. The van der Waals surface area contributed by atoms with E-state index < -0.39 is 23.9 Å². The van der Waals surface area contributed by atoms with Crippen molar-refractivity contribution in [2.75, 3.05) is 13.1 Å². The predicted octanol–water partition coefficient (Wildman–Crippen LogP) is 1.47. The fourth-order valence-electron chi connectivity index (χ4n) is 3.18. The highest BCUT2D eigenvalue weighted by Crippen LogP contribution is 2.10. The Morgan fingerprint density at radius 2 is 1.03 bits per heavy atom. The summed E-state index contributed by atoms with van der Waals surface area (Å²) in [6.45, 7) is 7.93. The SMILES string of the molecule is C#CCNC(=O)[C@H](CC(C)C)NC(=O)c1ccc(C(=O)N[C@@H](CC(C)C)C(=O)NCC#C)cc1. The lowest BCUT2D eigenvalue weighted by Gasteiger charge is -2.20. The van der Waals surface area contributed by atoms with Crippen molar-refractivity contribution in [3.8, 4) is 24.7 Å². The minimum Gasteiger partial charge on any atom is -0.343 e. The van der Waals surface area contributed by atoms with Gasteiger partial charge in [-0.05, 0) is 48.9 Å². The first-order valence-electron chi connectivity index (χ1n) is 11.2. The van der Waals surface area contributed by atoms with E-state index in [-0.39, 0.29) is 36.7 Å². The molecular formula is C26H34N4O4. The fourth-order valence-corrected chi connectivity index (χ4v) is 3.18. The van der Waals surface area contributed by atoms with Crippen molar-refractivity contribution >= 4 is 23.6 Å². The standard InChI is InChI=1S/C26H34N4O4/c1-7-13-27-25(33)21(15-17(3)4)29-23(31)19-9-11-20(12-10-19)24(32)30-22(16-18(5)6)26(34)28-14-8-2/h1-2,9-12,17-18,21-22H,13-16H2,3-6H3,(H,27,33)(H,28,34)(H,29,31)(H,30,32)/t21-,22-/m0/s1. The molecule has 34 heavy (non-hydrogen) atoms. The van der Waals surface area contributed by atoms with Gasteiger partial charge >= 0.3 is 0 Å². The zero-order valence-corrected chi connectivity index (χ0v) is 20.2. The molecule has 0 saturated carbocycles. The molecule has 0 bridgehead atoms. The molecule has 0 fully saturated rings. The lowest BCUT2D eigenvalue weighted by molar-refractivity contribution is -0.123. The molecule has 1 aromatic carbocycles. The molecule has 4 N–H and O–H groups in total. The molecule has 0 aromatic heterocycles. The summed E-state index contributed by atoms with van der Waals surface area (Å²) in [7, 11) is 0. The molecule has 0 radical (unpaired) electrons. The highest BCUT2D eigenvalue weighted by molar-refractivity contribution is 6.00. The molecule has 0 spiro atoms. The molecular weight excluding hydrogens is 432 g/mol. The Morgan fingerprint density at radius 3 is 1.29 bits per heavy atom. The molecule has 0 aliphatic heterocycles. The summed E-state index contributed by atoms with van der Waals surface area (Å²) < 4.78 is 0. The summed E-state index contributed by atoms with van der Waals surface area (Å²) in [6.07, 6.45) is 11.3. The Morgan fingerprint density at radius 1 is 0.706 bits per heavy atom. The molecule has 0 aliphatic carbocycles. The Labute approximate surface area is 202 Å². The number of nitrogens with one attached hydrogen (secondary N) is 4. The van der Waals surface area contributed by atoms with Gasteiger partial charge in [-0.15, -0.1) is 12.8 Å². The van der Waals surface area contributed by atoms with E-state index in [1.807, 2.05) is 27.7 Å². The van der Waals surface area contributed by atoms with Crippen LogP contribution >= 0.6 is 0 Å². The van der Waals surface area contributed by atoms with Gasteiger partial charge in [0.2, 0.25) is 11.8 Å². The van der Waals surface area contributed by atoms with Crippen LogP contribution in [-0.2, 0) is 9.59 Å². The van der Waals surface area contributed by atoms with Crippen LogP contribution in [0.15, 0.2) is 24.3 Å². The normalized spacial score (nSPS) is 12.1. The number of hydrogen-bond donors (Lipinski definition) is 4. The molecule has 182 valence electrons. The Balaban J connectivity index is 2.88. The first-order chi connectivity index (χ1) is 16.1. The van der Waals surface area contributed by atoms with Crippen LogP contribution in [-0.4, -0.2) is 48.8 Å². The monoisotopic (exact) mass is 466 g/mol. The van der Waals surface area contributed by atoms with E-state index in [2.05, 4.69) is 33.1 Å². The van der Waals surface area contributed by atoms with Gasteiger partial charge in [0.15, 0.2) is 0 Å². The molecule has 8 heteroatoms. The van der Waals surface area contributed by atoms with E-state index >= 15 is 0 Å². The summed E-state index contributed by atoms with van der Waals surface area (Å²) in [4.78, 5) is 50.0. The fraction of sp³-hybridized carbons (Fsp3) is 0.462. The maximum Gasteiger partial charge on any atom is 0.251 e. The number of terminal acetylenes is 2. The van der Waals surface area contributed by atoms with Crippen molar-refractivity contribution in [2.45, 2.75) is 52.6 Å². The van der Waals surface area contributed by atoms with Crippen LogP contribution in [0.3, 0.4) is 0 Å². The van der Waals surface area contributed by atoms with E-state index in [1.165, 1.54) is 24.3 Å². The smallest absolute Gasteiger partial charge is 0.251 e. The molecule has 0 aliphatic rings. The van der Waals surface area contributed by atoms with E-state index in [0.717, 1.165) is 0 Å². The minimum atomic E-state index is -0.734. The van der Waals surface area contributed by atoms with Crippen molar-refractivity contribution in [3.63, 3.8) is 0 Å². The van der Waals surface area contributed by atoms with Gasteiger partial charge in [-0.25, -0.2) is 0 Å². The second-order valence-electron chi connectivity index (χ2n) is 8.73. The number of carbonyl (C=O) groups is 4. The number of hydrogen-bond acceptors (Lipinski definition) is 4. The molecule has 1 aromatic rings. The van der Waals surface area contributed by atoms with Gasteiger partial charge < -0.3 is 21.3 Å². The summed E-state index contributed by atoms with van der Waals surface area (Å²) >= 11 is 0. The van der Waals surface area contributed by atoms with E-state index in [1.54, 1.807) is 0 Å². The van der Waals surface area contributed by atoms with Crippen LogP contribution in [0.4, 0.5) is 0 Å². The van der Waals surface area contributed by atoms with Gasteiger partial charge in [0.1, 0.15) is 12.1 Å². The van der Waals surface area contributed by atoms with Crippen LogP contribution in [0.1, 0.15) is 61.3 Å². The van der Waals surface area contributed by atoms with Crippen molar-refractivity contribution in [1.82, 2.24) is 21.3 Å². The molecule has 0 unspecified atom stereocenters. The Kier molecular flexibility index (Phi) is 12.0. The van der Waals surface area contributed by atoms with E-state index in [4.69, 9.17) is 12.8 Å². The van der Waals surface area contributed by atoms with Crippen molar-refractivity contribution in [2.24, 2.45) is 11.8 Å². The maximum absolute atomic E-state index is 12.7. The minimum absolute atomic E-state index is 0.0751. The number of amides is 4. The van der Waals surface area contributed by atoms with Crippen molar-refractivity contribution < 1.29 is 19.2 Å². The Bertz CT molecular complexity index is 862. The number of benzene rings is 1. The first kappa shape index (κ1) is 28.3. The zero-order chi connectivity index (χ0) is 25.7. The molecule has 0 heterocycles. The quantitative estimate of drug-likeness (QED) is 0.349. The number of rotatable bonds is 12. The highest BCUT2D eigenvalue weighted by atomic mass is 16.2. The highest BCUT2D eigenvalue weighted by Gasteiger charge is 2.24. The van der Waals surface area contributed by atoms with E-state index in [9.17, 15) is 19.2 Å². The van der Waals surface area contributed by atoms with Crippen LogP contribution in [0.25, 0.3) is 0 Å². The van der Waals surface area contributed by atoms with Crippen LogP contribution < -0.4 is 21.3 Å². The van der Waals surface area contributed by atoms with Gasteiger partial charge in [0.05, 0.1) is 13.1 Å². The first-order valence-corrected chi connectivity index (χ1v) is 11.2. The van der Waals surface area contributed by atoms with Crippen molar-refractivity contribution in [3.05, 3.63) is 35.4 Å². The average Bonchev–Trinajstić information content (AvgIpc) is 2.79. The van der Waals surface area contributed by atoms with Crippen LogP contribution in [0, 0.1) is 36.5 Å². The lowest BCUT2D eigenvalue weighted by Crippen LogP contribution is -2.47. The predicted molar refractivity (Wildman–Crippen MR) is 132 cm³/mol. The maximum atomic E-state index is 12.7. The summed E-state index contributed by atoms with van der Waals surface area (Å²) in [5, 5.41) is 10.6. The third-order valence-corrected chi connectivity index (χ3v) is 4.80. The summed E-state index contributed by atoms with van der Waals surface area (Å²) in [5.41, 5.74) is 0.584. The van der Waals surface area contributed by atoms with Crippen LogP contribution in [0.5, 0.6) is 0 Å². The van der Waals surface area contributed by atoms with Gasteiger partial charge in [0.25, 0.3) is 11.8 Å². The molecule has 8 nitrogen and oxygen atoms in total. The summed E-state index contributed by atoms with van der Waals surface area (Å²) in [5.74, 6) is 3.42. The Hall–Kier alpha value is -3.78. The van der Waals surface area contributed by atoms with Gasteiger partial charge in [-0.3, -0.25) is 19.2 Å². The number of carbonyl (C=O) groups excluding carboxylic acids is 4. The van der Waals surface area contributed by atoms with Gasteiger partial charge in [-0.2, -0.15) is 0 Å². The van der Waals surface area contributed by atoms with E-state index in [0.29, 0.717) is 24.0 Å². The average molecular weight is 467 g/mol. The van der Waals surface area contributed by atoms with Crippen LogP contribution in [0.2, 0.25) is 0 Å². The molecule has 1 rings (SSSR count).